The van der Waals surface area contributed by atoms with Crippen LogP contribution in [0.3, 0.4) is 0 Å². The van der Waals surface area contributed by atoms with Crippen LogP contribution >= 0.6 is 0 Å². The van der Waals surface area contributed by atoms with E-state index in [0.717, 1.165) is 30.3 Å². The molecule has 0 bridgehead atoms. The van der Waals surface area contributed by atoms with Crippen molar-refractivity contribution in [2.75, 3.05) is 0 Å². The van der Waals surface area contributed by atoms with Gasteiger partial charge >= 0.3 is 12.1 Å². The third-order valence-electron chi connectivity index (χ3n) is 3.06. The first-order valence-electron chi connectivity index (χ1n) is 6.76. The van der Waals surface area contributed by atoms with E-state index < -0.39 is 29.3 Å². The average Bonchev–Trinajstić information content (AvgIpc) is 2.54. The number of carbonyl (C=O) groups is 2. The minimum absolute atomic E-state index is 0.216. The number of rotatable bonds is 4. The predicted octanol–water partition coefficient (Wildman–Crippen LogP) is 3.56. The first kappa shape index (κ1) is 17.3. The normalized spacial score (nSPS) is 11.9. The summed E-state index contributed by atoms with van der Waals surface area (Å²) in [5.41, 5.74) is -0.806. The topological polar surface area (TPSA) is 66.4 Å². The summed E-state index contributed by atoms with van der Waals surface area (Å²) in [5, 5.41) is 11.4. The number of aliphatic carboxylic acids is 1. The molecule has 0 radical (unpaired) electrons. The van der Waals surface area contributed by atoms with Crippen molar-refractivity contribution in [3.8, 4) is 0 Å². The number of carboxylic acids is 1. The Morgan fingerprint density at radius 1 is 0.958 bits per heavy atom. The molecule has 0 fully saturated rings. The molecule has 2 rings (SSSR count). The van der Waals surface area contributed by atoms with Gasteiger partial charge in [0.2, 0.25) is 0 Å². The second kappa shape index (κ2) is 6.99. The number of hydrogen-bond donors (Lipinski definition) is 2. The van der Waals surface area contributed by atoms with Crippen LogP contribution in [0.5, 0.6) is 0 Å². The molecule has 2 N–H and O–H groups in total. The largest absolute Gasteiger partial charge is 0.477 e. The van der Waals surface area contributed by atoms with Gasteiger partial charge in [-0.05, 0) is 35.9 Å². The van der Waals surface area contributed by atoms with Crippen molar-refractivity contribution in [1.82, 2.24) is 5.32 Å². The Kier molecular flexibility index (Phi) is 5.03. The maximum absolute atomic E-state index is 12.5. The molecule has 2 aromatic carbocycles. The van der Waals surface area contributed by atoms with E-state index in [4.69, 9.17) is 5.11 Å². The number of carbonyl (C=O) groups excluding carboxylic acids is 1. The zero-order valence-electron chi connectivity index (χ0n) is 12.2. The molecule has 0 atom stereocenters. The van der Waals surface area contributed by atoms with Gasteiger partial charge in [-0.2, -0.15) is 13.2 Å². The molecule has 0 heterocycles. The highest BCUT2D eigenvalue weighted by atomic mass is 19.4. The monoisotopic (exact) mass is 335 g/mol. The molecular weight excluding hydrogens is 323 g/mol. The van der Waals surface area contributed by atoms with Crippen LogP contribution in [0.15, 0.2) is 60.3 Å². The molecule has 0 saturated carbocycles. The number of alkyl halides is 3. The van der Waals surface area contributed by atoms with Gasteiger partial charge < -0.3 is 10.4 Å². The van der Waals surface area contributed by atoms with Crippen LogP contribution in [-0.2, 0) is 11.0 Å². The molecule has 0 spiro atoms. The van der Waals surface area contributed by atoms with Crippen LogP contribution in [0.25, 0.3) is 6.08 Å². The highest BCUT2D eigenvalue weighted by molar-refractivity contribution is 6.02. The Balaban J connectivity index is 2.23. The van der Waals surface area contributed by atoms with Crippen LogP contribution in [0.2, 0.25) is 0 Å². The van der Waals surface area contributed by atoms with E-state index in [1.807, 2.05) is 0 Å². The SMILES string of the molecule is O=C(O)/C(=C/c1ccc(C(F)(F)F)cc1)NC(=O)c1ccccc1. The Labute approximate surface area is 135 Å². The van der Waals surface area contributed by atoms with Gasteiger partial charge in [0.05, 0.1) is 5.56 Å². The number of halogens is 3. The van der Waals surface area contributed by atoms with Crippen molar-refractivity contribution in [2.24, 2.45) is 0 Å². The summed E-state index contributed by atoms with van der Waals surface area (Å²) in [6, 6.07) is 11.9. The summed E-state index contributed by atoms with van der Waals surface area (Å²) in [6.07, 6.45) is -3.39. The van der Waals surface area contributed by atoms with Gasteiger partial charge in [0.15, 0.2) is 0 Å². The predicted molar refractivity (Wildman–Crippen MR) is 81.0 cm³/mol. The summed E-state index contributed by atoms with van der Waals surface area (Å²) < 4.78 is 37.5. The van der Waals surface area contributed by atoms with Crippen molar-refractivity contribution < 1.29 is 27.9 Å². The second-order valence-electron chi connectivity index (χ2n) is 4.80. The molecular formula is C17H12F3NO3. The van der Waals surface area contributed by atoms with Crippen LogP contribution in [0.1, 0.15) is 21.5 Å². The van der Waals surface area contributed by atoms with Crippen LogP contribution in [0, 0.1) is 0 Å². The molecule has 7 heteroatoms. The molecule has 2 aromatic rings. The summed E-state index contributed by atoms with van der Waals surface area (Å²) in [4.78, 5) is 23.2. The Morgan fingerprint density at radius 2 is 1.54 bits per heavy atom. The van der Waals surface area contributed by atoms with Crippen molar-refractivity contribution >= 4 is 18.0 Å². The van der Waals surface area contributed by atoms with Crippen molar-refractivity contribution in [3.63, 3.8) is 0 Å². The van der Waals surface area contributed by atoms with Crippen LogP contribution < -0.4 is 5.32 Å². The number of benzene rings is 2. The fourth-order valence-corrected chi connectivity index (χ4v) is 1.87. The van der Waals surface area contributed by atoms with Crippen LogP contribution in [-0.4, -0.2) is 17.0 Å². The molecule has 1 amide bonds. The smallest absolute Gasteiger partial charge is 0.416 e. The number of hydrogen-bond acceptors (Lipinski definition) is 2. The fraction of sp³-hybridized carbons (Fsp3) is 0.0588. The van der Waals surface area contributed by atoms with Gasteiger partial charge in [-0.1, -0.05) is 30.3 Å². The van der Waals surface area contributed by atoms with Gasteiger partial charge in [-0.25, -0.2) is 4.79 Å². The van der Waals surface area contributed by atoms with Crippen molar-refractivity contribution in [3.05, 3.63) is 77.0 Å². The van der Waals surface area contributed by atoms with Gasteiger partial charge in [0, 0.05) is 5.56 Å². The lowest BCUT2D eigenvalue weighted by Crippen LogP contribution is -2.27. The van der Waals surface area contributed by atoms with E-state index in [9.17, 15) is 22.8 Å². The summed E-state index contributed by atoms with van der Waals surface area (Å²) in [6.45, 7) is 0. The quantitative estimate of drug-likeness (QED) is 0.840. The summed E-state index contributed by atoms with van der Waals surface area (Å²) in [7, 11) is 0. The van der Waals surface area contributed by atoms with Gasteiger partial charge in [0.25, 0.3) is 5.91 Å². The molecule has 0 aromatic heterocycles. The third kappa shape index (κ3) is 4.45. The zero-order valence-corrected chi connectivity index (χ0v) is 12.2. The van der Waals surface area contributed by atoms with Gasteiger partial charge in [-0.3, -0.25) is 4.79 Å². The molecule has 0 aliphatic heterocycles. The first-order chi connectivity index (χ1) is 11.3. The second-order valence-corrected chi connectivity index (χ2v) is 4.80. The van der Waals surface area contributed by atoms with E-state index in [1.165, 1.54) is 12.1 Å². The average molecular weight is 335 g/mol. The lowest BCUT2D eigenvalue weighted by atomic mass is 10.1. The molecule has 24 heavy (non-hydrogen) atoms. The maximum atomic E-state index is 12.5. The Hall–Kier alpha value is -3.09. The molecule has 124 valence electrons. The highest BCUT2D eigenvalue weighted by Crippen LogP contribution is 2.29. The third-order valence-corrected chi connectivity index (χ3v) is 3.06. The molecule has 0 unspecified atom stereocenters. The minimum Gasteiger partial charge on any atom is -0.477 e. The van der Waals surface area contributed by atoms with E-state index in [2.05, 4.69) is 5.32 Å². The minimum atomic E-state index is -4.47. The molecule has 0 saturated heterocycles. The van der Waals surface area contributed by atoms with E-state index >= 15 is 0 Å². The van der Waals surface area contributed by atoms with Crippen LogP contribution in [0.4, 0.5) is 13.2 Å². The molecule has 0 aliphatic carbocycles. The van der Waals surface area contributed by atoms with Crippen molar-refractivity contribution in [1.29, 1.82) is 0 Å². The summed E-state index contributed by atoms with van der Waals surface area (Å²) in [5.74, 6) is -2.03. The number of nitrogens with one attached hydrogen (secondary N) is 1. The first-order valence-corrected chi connectivity index (χ1v) is 6.76. The lowest BCUT2D eigenvalue weighted by molar-refractivity contribution is -0.137. The van der Waals surface area contributed by atoms with Gasteiger partial charge in [-0.15, -0.1) is 0 Å². The molecule has 4 nitrogen and oxygen atoms in total. The van der Waals surface area contributed by atoms with E-state index in [-0.39, 0.29) is 11.1 Å². The number of amides is 1. The standard InChI is InChI=1S/C17H12F3NO3/c18-17(19,20)13-8-6-11(7-9-13)10-14(16(23)24)21-15(22)12-4-2-1-3-5-12/h1-10H,(H,21,22)(H,23,24)/b14-10-. The maximum Gasteiger partial charge on any atom is 0.416 e. The van der Waals surface area contributed by atoms with E-state index in [0.29, 0.717) is 0 Å². The Bertz CT molecular complexity index is 766. The summed E-state index contributed by atoms with van der Waals surface area (Å²) >= 11 is 0. The van der Waals surface area contributed by atoms with Crippen molar-refractivity contribution in [2.45, 2.75) is 6.18 Å². The zero-order chi connectivity index (χ0) is 17.7. The lowest BCUT2D eigenvalue weighted by Gasteiger charge is -2.08. The van der Waals surface area contributed by atoms with E-state index in [1.54, 1.807) is 18.2 Å². The van der Waals surface area contributed by atoms with Gasteiger partial charge in [0.1, 0.15) is 5.70 Å². The fourth-order valence-electron chi connectivity index (χ4n) is 1.87. The highest BCUT2D eigenvalue weighted by Gasteiger charge is 2.29. The molecule has 0 aliphatic rings. The number of carboxylic acid groups (broad SMARTS) is 1. The Morgan fingerprint density at radius 3 is 2.04 bits per heavy atom.